The van der Waals surface area contributed by atoms with Crippen molar-refractivity contribution in [3.63, 3.8) is 0 Å². The standard InChI is InChI=1S/C16H21N3O/c1-4-13(3)19-16(20)15(9-17)11-18-10-14-8-6-5-7-12(14)2/h5-8,11,13,18H,4,10H2,1-3H3,(H,19,20)/b15-11-. The molecule has 1 unspecified atom stereocenters. The van der Waals surface area contributed by atoms with Gasteiger partial charge in [0.2, 0.25) is 0 Å². The number of hydrogen-bond acceptors (Lipinski definition) is 3. The Morgan fingerprint density at radius 3 is 2.75 bits per heavy atom. The Balaban J connectivity index is 2.61. The predicted molar refractivity (Wildman–Crippen MR) is 79.6 cm³/mol. The van der Waals surface area contributed by atoms with Crippen molar-refractivity contribution in [2.45, 2.75) is 39.8 Å². The molecule has 1 amide bonds. The van der Waals surface area contributed by atoms with Gasteiger partial charge < -0.3 is 10.6 Å². The quantitative estimate of drug-likeness (QED) is 0.617. The highest BCUT2D eigenvalue weighted by molar-refractivity contribution is 5.97. The van der Waals surface area contributed by atoms with Crippen LogP contribution in [0.25, 0.3) is 0 Å². The summed E-state index contributed by atoms with van der Waals surface area (Å²) in [6, 6.07) is 9.98. The number of benzene rings is 1. The number of carbonyl (C=O) groups excluding carboxylic acids is 1. The summed E-state index contributed by atoms with van der Waals surface area (Å²) in [4.78, 5) is 11.8. The van der Waals surface area contributed by atoms with Crippen LogP contribution in [0, 0.1) is 18.3 Å². The van der Waals surface area contributed by atoms with E-state index >= 15 is 0 Å². The lowest BCUT2D eigenvalue weighted by Crippen LogP contribution is -2.33. The van der Waals surface area contributed by atoms with Gasteiger partial charge in [-0.3, -0.25) is 4.79 Å². The number of carbonyl (C=O) groups is 1. The molecular weight excluding hydrogens is 250 g/mol. The molecule has 4 heteroatoms. The zero-order valence-electron chi connectivity index (χ0n) is 12.2. The fourth-order valence-electron chi connectivity index (χ4n) is 1.62. The summed E-state index contributed by atoms with van der Waals surface area (Å²) in [7, 11) is 0. The van der Waals surface area contributed by atoms with Gasteiger partial charge >= 0.3 is 0 Å². The lowest BCUT2D eigenvalue weighted by Gasteiger charge is -2.11. The van der Waals surface area contributed by atoms with Crippen molar-refractivity contribution < 1.29 is 4.79 Å². The van der Waals surface area contributed by atoms with Gasteiger partial charge in [0.25, 0.3) is 5.91 Å². The maximum Gasteiger partial charge on any atom is 0.263 e. The molecule has 20 heavy (non-hydrogen) atoms. The molecule has 0 aliphatic rings. The molecule has 0 aromatic heterocycles. The van der Waals surface area contributed by atoms with Gasteiger partial charge in [0, 0.05) is 18.8 Å². The minimum Gasteiger partial charge on any atom is -0.386 e. The first kappa shape index (κ1) is 15.8. The van der Waals surface area contributed by atoms with E-state index in [1.54, 1.807) is 0 Å². The molecule has 1 aromatic rings. The number of aryl methyl sites for hydroxylation is 1. The van der Waals surface area contributed by atoms with Gasteiger partial charge in [0.15, 0.2) is 0 Å². The number of nitrogens with one attached hydrogen (secondary N) is 2. The zero-order valence-corrected chi connectivity index (χ0v) is 12.2. The van der Waals surface area contributed by atoms with Crippen LogP contribution in [-0.2, 0) is 11.3 Å². The topological polar surface area (TPSA) is 64.9 Å². The van der Waals surface area contributed by atoms with Crippen molar-refractivity contribution in [1.82, 2.24) is 10.6 Å². The minimum atomic E-state index is -0.334. The molecule has 0 aliphatic carbocycles. The zero-order chi connectivity index (χ0) is 15.0. The molecule has 0 aliphatic heterocycles. The van der Waals surface area contributed by atoms with Gasteiger partial charge in [-0.1, -0.05) is 31.2 Å². The first-order valence-corrected chi connectivity index (χ1v) is 6.77. The van der Waals surface area contributed by atoms with Gasteiger partial charge in [-0.15, -0.1) is 0 Å². The van der Waals surface area contributed by atoms with E-state index in [9.17, 15) is 4.79 Å². The smallest absolute Gasteiger partial charge is 0.263 e. The van der Waals surface area contributed by atoms with Crippen molar-refractivity contribution >= 4 is 5.91 Å². The molecule has 106 valence electrons. The van der Waals surface area contributed by atoms with Crippen LogP contribution in [0.1, 0.15) is 31.4 Å². The molecule has 0 heterocycles. The van der Waals surface area contributed by atoms with Crippen LogP contribution < -0.4 is 10.6 Å². The van der Waals surface area contributed by atoms with Crippen LogP contribution in [0.4, 0.5) is 0 Å². The Hall–Kier alpha value is -2.28. The molecule has 1 aromatic carbocycles. The highest BCUT2D eigenvalue weighted by Crippen LogP contribution is 2.06. The molecule has 0 saturated carbocycles. The van der Waals surface area contributed by atoms with E-state index in [0.717, 1.165) is 12.0 Å². The van der Waals surface area contributed by atoms with Gasteiger partial charge in [-0.2, -0.15) is 5.26 Å². The monoisotopic (exact) mass is 271 g/mol. The molecule has 0 fully saturated rings. The minimum absolute atomic E-state index is 0.0654. The number of amides is 1. The van der Waals surface area contributed by atoms with Gasteiger partial charge in [0.1, 0.15) is 11.6 Å². The summed E-state index contributed by atoms with van der Waals surface area (Å²) in [6.07, 6.45) is 2.31. The Kier molecular flexibility index (Phi) is 6.31. The first-order chi connectivity index (χ1) is 9.58. The van der Waals surface area contributed by atoms with Crippen LogP contribution in [0.15, 0.2) is 36.0 Å². The van der Waals surface area contributed by atoms with E-state index in [1.807, 2.05) is 51.1 Å². The predicted octanol–water partition coefficient (Wildman–Crippen LogP) is 2.41. The second-order valence-corrected chi connectivity index (χ2v) is 4.76. The Morgan fingerprint density at radius 2 is 2.15 bits per heavy atom. The van der Waals surface area contributed by atoms with Crippen molar-refractivity contribution in [2.24, 2.45) is 0 Å². The van der Waals surface area contributed by atoms with Crippen LogP contribution in [0.2, 0.25) is 0 Å². The summed E-state index contributed by atoms with van der Waals surface area (Å²) in [6.45, 7) is 6.51. The first-order valence-electron chi connectivity index (χ1n) is 6.77. The van der Waals surface area contributed by atoms with Crippen LogP contribution in [-0.4, -0.2) is 11.9 Å². The fraction of sp³-hybridized carbons (Fsp3) is 0.375. The average molecular weight is 271 g/mol. The third-order valence-electron chi connectivity index (χ3n) is 3.16. The van der Waals surface area contributed by atoms with E-state index in [4.69, 9.17) is 5.26 Å². The van der Waals surface area contributed by atoms with Crippen molar-refractivity contribution in [2.75, 3.05) is 0 Å². The van der Waals surface area contributed by atoms with Crippen LogP contribution in [0.5, 0.6) is 0 Å². The Morgan fingerprint density at radius 1 is 1.45 bits per heavy atom. The van der Waals surface area contributed by atoms with Gasteiger partial charge in [-0.05, 0) is 31.4 Å². The molecule has 0 bridgehead atoms. The van der Waals surface area contributed by atoms with Crippen LogP contribution in [0.3, 0.4) is 0 Å². The highest BCUT2D eigenvalue weighted by atomic mass is 16.1. The molecule has 4 nitrogen and oxygen atoms in total. The van der Waals surface area contributed by atoms with E-state index in [0.29, 0.717) is 6.54 Å². The summed E-state index contributed by atoms with van der Waals surface area (Å²) < 4.78 is 0. The van der Waals surface area contributed by atoms with Gasteiger partial charge in [-0.25, -0.2) is 0 Å². The lowest BCUT2D eigenvalue weighted by atomic mass is 10.1. The normalized spacial score (nSPS) is 12.4. The van der Waals surface area contributed by atoms with Gasteiger partial charge in [0.05, 0.1) is 0 Å². The average Bonchev–Trinajstić information content (AvgIpc) is 2.45. The SMILES string of the molecule is CCC(C)NC(=O)/C(C#N)=C\NCc1ccccc1C. The largest absolute Gasteiger partial charge is 0.386 e. The van der Waals surface area contributed by atoms with Crippen LogP contribution >= 0.6 is 0 Å². The summed E-state index contributed by atoms with van der Waals surface area (Å²) in [5.74, 6) is -0.334. The maximum absolute atomic E-state index is 11.8. The van der Waals surface area contributed by atoms with E-state index in [-0.39, 0.29) is 17.5 Å². The molecule has 1 atom stereocenters. The molecule has 0 spiro atoms. The van der Waals surface area contributed by atoms with Crippen molar-refractivity contribution in [3.05, 3.63) is 47.2 Å². The second-order valence-electron chi connectivity index (χ2n) is 4.76. The number of rotatable bonds is 6. The van der Waals surface area contributed by atoms with E-state index in [1.165, 1.54) is 11.8 Å². The summed E-state index contributed by atoms with van der Waals surface area (Å²) in [5.41, 5.74) is 2.42. The van der Waals surface area contributed by atoms with E-state index in [2.05, 4.69) is 10.6 Å². The summed E-state index contributed by atoms with van der Waals surface area (Å²) >= 11 is 0. The molecule has 0 radical (unpaired) electrons. The Labute approximate surface area is 120 Å². The molecule has 1 rings (SSSR count). The molecule has 2 N–H and O–H groups in total. The third kappa shape index (κ3) is 4.77. The van der Waals surface area contributed by atoms with Crippen molar-refractivity contribution in [3.8, 4) is 6.07 Å². The van der Waals surface area contributed by atoms with E-state index < -0.39 is 0 Å². The molecular formula is C16H21N3O. The number of nitriles is 1. The maximum atomic E-state index is 11.8. The Bertz CT molecular complexity index is 529. The highest BCUT2D eigenvalue weighted by Gasteiger charge is 2.10. The lowest BCUT2D eigenvalue weighted by molar-refractivity contribution is -0.117. The van der Waals surface area contributed by atoms with Crippen molar-refractivity contribution in [1.29, 1.82) is 5.26 Å². The number of nitrogens with zero attached hydrogens (tertiary/aromatic N) is 1. The number of hydrogen-bond donors (Lipinski definition) is 2. The molecule has 0 saturated heterocycles. The summed E-state index contributed by atoms with van der Waals surface area (Å²) in [5, 5.41) is 14.8. The fourth-order valence-corrected chi connectivity index (χ4v) is 1.62. The third-order valence-corrected chi connectivity index (χ3v) is 3.16. The second kappa shape index (κ2) is 8.00.